The second-order valence-electron chi connectivity index (χ2n) is 8.64. The molecular weight excluding hydrogens is 432 g/mol. The van der Waals surface area contributed by atoms with Crippen LogP contribution in [0, 0.1) is 0 Å². The highest BCUT2D eigenvalue weighted by molar-refractivity contribution is 5.55. The van der Waals surface area contributed by atoms with E-state index in [1.165, 1.54) is 31.4 Å². The second-order valence-corrected chi connectivity index (χ2v) is 8.64. The van der Waals surface area contributed by atoms with Gasteiger partial charge in [-0.2, -0.15) is 20.5 Å². The van der Waals surface area contributed by atoms with Gasteiger partial charge in [-0.15, -0.1) is 0 Å². The average Bonchev–Trinajstić information content (AvgIpc) is 3.22. The molecule has 186 valence electrons. The highest BCUT2D eigenvalue weighted by Crippen LogP contribution is 2.39. The number of nitrogens with zero attached hydrogens (tertiary/aromatic N) is 4. The first-order valence-corrected chi connectivity index (χ1v) is 12.7. The molecule has 34 heavy (non-hydrogen) atoms. The fourth-order valence-corrected chi connectivity index (χ4v) is 3.97. The molecule has 1 unspecified atom stereocenters. The number of hydroxylamine groups is 1. The van der Waals surface area contributed by atoms with Gasteiger partial charge < -0.3 is 20.2 Å². The molecule has 2 aliphatic heterocycles. The minimum Gasteiger partial charge on any atom is -0.476 e. The third-order valence-electron chi connectivity index (χ3n) is 6.02. The quantitative estimate of drug-likeness (QED) is 0.388. The average molecular weight is 471 g/mol. The molecule has 10 heteroatoms. The van der Waals surface area contributed by atoms with E-state index in [-0.39, 0.29) is 6.04 Å². The highest BCUT2D eigenvalue weighted by atomic mass is 16.7. The molecule has 0 amide bonds. The van der Waals surface area contributed by atoms with Crippen LogP contribution in [0.5, 0.6) is 5.88 Å². The van der Waals surface area contributed by atoms with Crippen molar-refractivity contribution in [3.8, 4) is 5.88 Å². The van der Waals surface area contributed by atoms with Crippen LogP contribution in [0.25, 0.3) is 0 Å². The standard InChI is InChI=1S/C22H32N8O2.C2H6/c1-2-16-11-17(32-29-16)14-23-22-25-19(24-20-12-18(27-28-20)15-5-6-15)13-21(26-22)31-10-9-30-7-3-4-8-30;1-2/h11-13,15-16,29H,2-10,14H2,1H3,(H3,23,24,25,26,27,28);1-2H3. The summed E-state index contributed by atoms with van der Waals surface area (Å²) in [6.07, 6.45) is 8.04. The van der Waals surface area contributed by atoms with Gasteiger partial charge >= 0.3 is 0 Å². The lowest BCUT2D eigenvalue weighted by atomic mass is 10.2. The maximum absolute atomic E-state index is 5.99. The summed E-state index contributed by atoms with van der Waals surface area (Å²) in [6, 6.07) is 4.11. The second kappa shape index (κ2) is 12.0. The number of aromatic nitrogens is 4. The summed E-state index contributed by atoms with van der Waals surface area (Å²) in [5.41, 5.74) is 4.16. The van der Waals surface area contributed by atoms with E-state index in [4.69, 9.17) is 9.57 Å². The smallest absolute Gasteiger partial charge is 0.228 e. The lowest BCUT2D eigenvalue weighted by Gasteiger charge is -2.15. The van der Waals surface area contributed by atoms with Crippen molar-refractivity contribution in [3.63, 3.8) is 0 Å². The maximum Gasteiger partial charge on any atom is 0.228 e. The predicted molar refractivity (Wildman–Crippen MR) is 133 cm³/mol. The molecule has 0 radical (unpaired) electrons. The SMILES string of the molecule is CC.CCC1C=C(CNc2nc(Nc3cc(C4CC4)[nH]n3)cc(OCCN3CCCC3)n2)ON1. The Morgan fingerprint density at radius 2 is 1.97 bits per heavy atom. The Balaban J connectivity index is 0.00000133. The minimum absolute atomic E-state index is 0.241. The Bertz CT molecular complexity index is 937. The topological polar surface area (TPSA) is 112 Å². The van der Waals surface area contributed by atoms with Gasteiger partial charge in [0.15, 0.2) is 5.82 Å². The summed E-state index contributed by atoms with van der Waals surface area (Å²) < 4.78 is 5.99. The van der Waals surface area contributed by atoms with Crippen LogP contribution in [-0.2, 0) is 4.84 Å². The molecule has 1 aliphatic carbocycles. The molecule has 0 spiro atoms. The van der Waals surface area contributed by atoms with E-state index in [1.807, 2.05) is 19.9 Å². The molecule has 1 atom stereocenters. The van der Waals surface area contributed by atoms with E-state index in [1.54, 1.807) is 0 Å². The van der Waals surface area contributed by atoms with Gasteiger partial charge in [0.2, 0.25) is 11.8 Å². The Labute approximate surface area is 201 Å². The summed E-state index contributed by atoms with van der Waals surface area (Å²) >= 11 is 0. The van der Waals surface area contributed by atoms with Crippen molar-refractivity contribution in [1.82, 2.24) is 30.5 Å². The Morgan fingerprint density at radius 3 is 2.71 bits per heavy atom. The van der Waals surface area contributed by atoms with Crippen LogP contribution in [0.4, 0.5) is 17.6 Å². The summed E-state index contributed by atoms with van der Waals surface area (Å²) in [7, 11) is 0. The molecule has 2 aromatic heterocycles. The fourth-order valence-electron chi connectivity index (χ4n) is 3.97. The lowest BCUT2D eigenvalue weighted by Crippen LogP contribution is -2.25. The number of aromatic amines is 1. The van der Waals surface area contributed by atoms with Crippen molar-refractivity contribution in [2.24, 2.45) is 0 Å². The molecule has 10 nitrogen and oxygen atoms in total. The van der Waals surface area contributed by atoms with E-state index < -0.39 is 0 Å². The van der Waals surface area contributed by atoms with Crippen LogP contribution in [0.3, 0.4) is 0 Å². The molecule has 2 aromatic rings. The van der Waals surface area contributed by atoms with Crippen LogP contribution in [0.1, 0.15) is 64.5 Å². The number of likely N-dealkylation sites (tertiary alicyclic amines) is 1. The van der Waals surface area contributed by atoms with E-state index in [9.17, 15) is 0 Å². The van der Waals surface area contributed by atoms with Crippen molar-refractivity contribution >= 4 is 17.6 Å². The molecule has 4 N–H and O–H groups in total. The molecular formula is C24H38N8O2. The highest BCUT2D eigenvalue weighted by Gasteiger charge is 2.25. The van der Waals surface area contributed by atoms with Crippen molar-refractivity contribution in [2.45, 2.75) is 64.8 Å². The molecule has 2 fully saturated rings. The maximum atomic E-state index is 5.99. The van der Waals surface area contributed by atoms with Gasteiger partial charge in [0.25, 0.3) is 0 Å². The molecule has 3 aliphatic rings. The van der Waals surface area contributed by atoms with Gasteiger partial charge in [0.05, 0.1) is 12.6 Å². The normalized spacial score (nSPS) is 19.7. The zero-order chi connectivity index (χ0) is 23.8. The first-order chi connectivity index (χ1) is 16.7. The van der Waals surface area contributed by atoms with Gasteiger partial charge in [-0.05, 0) is 51.3 Å². The lowest BCUT2D eigenvalue weighted by molar-refractivity contribution is 0.115. The van der Waals surface area contributed by atoms with Crippen molar-refractivity contribution in [1.29, 1.82) is 0 Å². The van der Waals surface area contributed by atoms with Crippen molar-refractivity contribution in [2.75, 3.05) is 43.4 Å². The third-order valence-corrected chi connectivity index (χ3v) is 6.02. The number of ether oxygens (including phenoxy) is 1. The molecule has 0 aromatic carbocycles. The largest absolute Gasteiger partial charge is 0.476 e. The Kier molecular flexibility index (Phi) is 8.59. The van der Waals surface area contributed by atoms with Gasteiger partial charge in [-0.3, -0.25) is 10.00 Å². The zero-order valence-electron chi connectivity index (χ0n) is 20.6. The zero-order valence-corrected chi connectivity index (χ0v) is 20.6. The first kappa shape index (κ1) is 24.3. The van der Waals surface area contributed by atoms with Crippen LogP contribution in [-0.4, -0.2) is 63.9 Å². The van der Waals surface area contributed by atoms with Crippen LogP contribution in [0.2, 0.25) is 0 Å². The van der Waals surface area contributed by atoms with Gasteiger partial charge in [-0.1, -0.05) is 20.8 Å². The fraction of sp³-hybridized carbons (Fsp3) is 0.625. The van der Waals surface area contributed by atoms with Crippen LogP contribution < -0.4 is 20.9 Å². The molecule has 4 heterocycles. The number of hydrogen-bond acceptors (Lipinski definition) is 9. The number of nitrogens with one attached hydrogen (secondary N) is 4. The number of hydrogen-bond donors (Lipinski definition) is 4. The Morgan fingerprint density at radius 1 is 1.15 bits per heavy atom. The Hall–Kier alpha value is -2.85. The van der Waals surface area contributed by atoms with E-state index in [2.05, 4.69) is 60.2 Å². The van der Waals surface area contributed by atoms with E-state index in [0.29, 0.717) is 36.7 Å². The molecule has 1 saturated heterocycles. The summed E-state index contributed by atoms with van der Waals surface area (Å²) in [6.45, 7) is 10.4. The minimum atomic E-state index is 0.241. The van der Waals surface area contributed by atoms with Crippen LogP contribution >= 0.6 is 0 Å². The van der Waals surface area contributed by atoms with Crippen molar-refractivity contribution in [3.05, 3.63) is 29.7 Å². The van der Waals surface area contributed by atoms with Gasteiger partial charge in [-0.25, -0.2) is 0 Å². The first-order valence-electron chi connectivity index (χ1n) is 12.7. The number of anilines is 3. The van der Waals surface area contributed by atoms with Gasteiger partial charge in [0.1, 0.15) is 18.2 Å². The van der Waals surface area contributed by atoms with E-state index >= 15 is 0 Å². The summed E-state index contributed by atoms with van der Waals surface area (Å²) in [4.78, 5) is 17.1. The molecule has 5 rings (SSSR count). The summed E-state index contributed by atoms with van der Waals surface area (Å²) in [5.74, 6) is 3.85. The van der Waals surface area contributed by atoms with E-state index in [0.717, 1.165) is 37.6 Å². The third kappa shape index (κ3) is 6.83. The monoisotopic (exact) mass is 470 g/mol. The van der Waals surface area contributed by atoms with Crippen molar-refractivity contribution < 1.29 is 9.57 Å². The number of rotatable bonds is 11. The van der Waals surface area contributed by atoms with Crippen LogP contribution in [0.15, 0.2) is 24.0 Å². The predicted octanol–water partition coefficient (Wildman–Crippen LogP) is 3.93. The molecule has 0 bridgehead atoms. The molecule has 1 saturated carbocycles. The number of H-pyrrole nitrogens is 1. The summed E-state index contributed by atoms with van der Waals surface area (Å²) in [5, 5.41) is 14.0. The van der Waals surface area contributed by atoms with Gasteiger partial charge in [0, 0.05) is 30.3 Å².